The normalized spacial score (nSPS) is 23.4. The summed E-state index contributed by atoms with van der Waals surface area (Å²) >= 11 is 0. The van der Waals surface area contributed by atoms with Crippen LogP contribution in [-0.2, 0) is 19.2 Å². The Balaban J connectivity index is 2.14. The minimum Gasteiger partial charge on any atom is -0.469 e. The van der Waals surface area contributed by atoms with Gasteiger partial charge in [-0.3, -0.25) is 14.4 Å². The summed E-state index contributed by atoms with van der Waals surface area (Å²) in [5, 5.41) is 1.46. The third-order valence-corrected chi connectivity index (χ3v) is 5.86. The maximum atomic E-state index is 12.5. The van der Waals surface area contributed by atoms with E-state index < -0.39 is 11.5 Å². The second kappa shape index (κ2) is 8.81. The molecule has 2 aliphatic heterocycles. The van der Waals surface area contributed by atoms with Gasteiger partial charge in [0.1, 0.15) is 0 Å². The molecule has 0 aromatic rings. The third kappa shape index (κ3) is 4.06. The van der Waals surface area contributed by atoms with Gasteiger partial charge >= 0.3 is 5.97 Å². The number of piperidine rings is 1. The van der Waals surface area contributed by atoms with E-state index >= 15 is 0 Å². The number of hydroxylamine groups is 2. The standard InChI is InChI=1S/C19H32N2O4/c1-5-12-25-21-17(22)13-16(18(23)24-4)19(21)8-10-20(11-9-19)14-15(6-2)7-3/h5,15-16H,1,6-14H2,2-4H3. The van der Waals surface area contributed by atoms with Gasteiger partial charge in [-0.2, -0.15) is 0 Å². The summed E-state index contributed by atoms with van der Waals surface area (Å²) in [4.78, 5) is 32.9. The molecule has 2 heterocycles. The van der Waals surface area contributed by atoms with E-state index in [2.05, 4.69) is 25.3 Å². The van der Waals surface area contributed by atoms with Crippen molar-refractivity contribution in [3.63, 3.8) is 0 Å². The van der Waals surface area contributed by atoms with Gasteiger partial charge < -0.3 is 9.64 Å². The summed E-state index contributed by atoms with van der Waals surface area (Å²) in [6, 6.07) is 0. The number of hydrogen-bond acceptors (Lipinski definition) is 5. The Morgan fingerprint density at radius 1 is 1.36 bits per heavy atom. The van der Waals surface area contributed by atoms with Crippen molar-refractivity contribution in [2.75, 3.05) is 33.4 Å². The van der Waals surface area contributed by atoms with Crippen molar-refractivity contribution < 1.29 is 19.2 Å². The van der Waals surface area contributed by atoms with Gasteiger partial charge in [-0.1, -0.05) is 32.8 Å². The Kier molecular flexibility index (Phi) is 7.02. The lowest BCUT2D eigenvalue weighted by atomic mass is 9.77. The number of likely N-dealkylation sites (tertiary alicyclic amines) is 1. The molecule has 1 spiro atoms. The van der Waals surface area contributed by atoms with Gasteiger partial charge in [0.25, 0.3) is 0 Å². The van der Waals surface area contributed by atoms with E-state index in [0.717, 1.165) is 32.5 Å². The Bertz CT molecular complexity index is 482. The molecule has 2 saturated heterocycles. The van der Waals surface area contributed by atoms with Gasteiger partial charge in [0.05, 0.1) is 25.2 Å². The molecule has 0 bridgehead atoms. The number of carbonyl (C=O) groups excluding carboxylic acids is 2. The van der Waals surface area contributed by atoms with E-state index in [1.807, 2.05) is 0 Å². The summed E-state index contributed by atoms with van der Waals surface area (Å²) in [6.45, 7) is 11.2. The molecule has 6 heteroatoms. The molecule has 0 aliphatic carbocycles. The van der Waals surface area contributed by atoms with Crippen LogP contribution in [0.1, 0.15) is 46.0 Å². The number of carbonyl (C=O) groups is 2. The van der Waals surface area contributed by atoms with E-state index in [9.17, 15) is 9.59 Å². The molecular formula is C19H32N2O4. The number of nitrogens with zero attached hydrogens (tertiary/aromatic N) is 2. The first-order valence-electron chi connectivity index (χ1n) is 9.39. The van der Waals surface area contributed by atoms with Crippen LogP contribution in [0.15, 0.2) is 12.7 Å². The lowest BCUT2D eigenvalue weighted by molar-refractivity contribution is -0.218. The first-order valence-corrected chi connectivity index (χ1v) is 9.39. The molecule has 0 radical (unpaired) electrons. The van der Waals surface area contributed by atoms with Gasteiger partial charge in [0.15, 0.2) is 0 Å². The van der Waals surface area contributed by atoms with Crippen molar-refractivity contribution in [2.45, 2.75) is 51.5 Å². The Morgan fingerprint density at radius 2 is 2.00 bits per heavy atom. The zero-order chi connectivity index (χ0) is 18.4. The summed E-state index contributed by atoms with van der Waals surface area (Å²) < 4.78 is 4.98. The van der Waals surface area contributed by atoms with Gasteiger partial charge in [0.2, 0.25) is 5.91 Å². The van der Waals surface area contributed by atoms with Crippen molar-refractivity contribution in [1.29, 1.82) is 0 Å². The topological polar surface area (TPSA) is 59.1 Å². The van der Waals surface area contributed by atoms with Crippen molar-refractivity contribution in [1.82, 2.24) is 9.96 Å². The van der Waals surface area contributed by atoms with Crippen LogP contribution >= 0.6 is 0 Å². The number of rotatable bonds is 8. The zero-order valence-corrected chi connectivity index (χ0v) is 15.8. The van der Waals surface area contributed by atoms with Crippen LogP contribution in [0.5, 0.6) is 0 Å². The van der Waals surface area contributed by atoms with E-state index in [1.54, 1.807) is 6.08 Å². The lowest BCUT2D eigenvalue weighted by Crippen LogP contribution is -2.57. The summed E-state index contributed by atoms with van der Waals surface area (Å²) in [5.74, 6) is -0.203. The first kappa shape index (κ1) is 19.9. The molecular weight excluding hydrogens is 320 g/mol. The largest absolute Gasteiger partial charge is 0.469 e. The number of methoxy groups -OCH3 is 1. The molecule has 1 amide bonds. The molecule has 2 rings (SSSR count). The minimum absolute atomic E-state index is 0.134. The van der Waals surface area contributed by atoms with Crippen LogP contribution in [0.3, 0.4) is 0 Å². The molecule has 0 N–H and O–H groups in total. The zero-order valence-electron chi connectivity index (χ0n) is 15.8. The fourth-order valence-electron chi connectivity index (χ4n) is 4.20. The molecule has 2 fully saturated rings. The molecule has 1 unspecified atom stereocenters. The van der Waals surface area contributed by atoms with Crippen LogP contribution in [0, 0.1) is 11.8 Å². The van der Waals surface area contributed by atoms with Crippen LogP contribution in [0.25, 0.3) is 0 Å². The van der Waals surface area contributed by atoms with Crippen LogP contribution in [0.2, 0.25) is 0 Å². The monoisotopic (exact) mass is 352 g/mol. The minimum atomic E-state index is -0.586. The number of ether oxygens (including phenoxy) is 1. The second-order valence-corrected chi connectivity index (χ2v) is 7.14. The highest BCUT2D eigenvalue weighted by molar-refractivity contribution is 5.88. The Labute approximate surface area is 151 Å². The molecule has 1 atom stereocenters. The maximum Gasteiger partial charge on any atom is 0.311 e. The van der Waals surface area contributed by atoms with Crippen molar-refractivity contribution in [2.24, 2.45) is 11.8 Å². The fourth-order valence-corrected chi connectivity index (χ4v) is 4.20. The van der Waals surface area contributed by atoms with Crippen molar-refractivity contribution in [3.8, 4) is 0 Å². The van der Waals surface area contributed by atoms with Crippen LogP contribution in [0.4, 0.5) is 0 Å². The summed E-state index contributed by atoms with van der Waals surface area (Å²) in [7, 11) is 1.38. The van der Waals surface area contributed by atoms with Gasteiger partial charge in [-0.15, -0.1) is 6.58 Å². The molecule has 2 aliphatic rings. The van der Waals surface area contributed by atoms with Gasteiger partial charge in [-0.25, -0.2) is 5.06 Å². The Morgan fingerprint density at radius 3 is 2.52 bits per heavy atom. The highest BCUT2D eigenvalue weighted by Gasteiger charge is 2.58. The quantitative estimate of drug-likeness (QED) is 0.496. The average molecular weight is 352 g/mol. The first-order chi connectivity index (χ1) is 12.0. The van der Waals surface area contributed by atoms with Crippen LogP contribution in [-0.4, -0.2) is 60.7 Å². The number of amides is 1. The van der Waals surface area contributed by atoms with Gasteiger partial charge in [0, 0.05) is 26.1 Å². The smallest absolute Gasteiger partial charge is 0.311 e. The van der Waals surface area contributed by atoms with Crippen LogP contribution < -0.4 is 0 Å². The summed E-state index contributed by atoms with van der Waals surface area (Å²) in [5.41, 5.74) is -0.586. The van der Waals surface area contributed by atoms with Gasteiger partial charge in [-0.05, 0) is 18.8 Å². The highest BCUT2D eigenvalue weighted by Crippen LogP contribution is 2.44. The Hall–Kier alpha value is -1.40. The number of esters is 1. The molecule has 0 saturated carbocycles. The molecule has 25 heavy (non-hydrogen) atoms. The second-order valence-electron chi connectivity index (χ2n) is 7.14. The lowest BCUT2D eigenvalue weighted by Gasteiger charge is -2.46. The fraction of sp³-hybridized carbons (Fsp3) is 0.789. The predicted molar refractivity (Wildman–Crippen MR) is 95.6 cm³/mol. The van der Waals surface area contributed by atoms with Crippen molar-refractivity contribution >= 4 is 11.9 Å². The third-order valence-electron chi connectivity index (χ3n) is 5.86. The summed E-state index contributed by atoms with van der Waals surface area (Å²) in [6.07, 6.45) is 5.60. The van der Waals surface area contributed by atoms with E-state index in [0.29, 0.717) is 5.92 Å². The molecule has 6 nitrogen and oxygen atoms in total. The van der Waals surface area contributed by atoms with E-state index in [4.69, 9.17) is 9.57 Å². The molecule has 0 aromatic heterocycles. The molecule has 0 aromatic carbocycles. The average Bonchev–Trinajstić information content (AvgIpc) is 2.90. The van der Waals surface area contributed by atoms with Crippen molar-refractivity contribution in [3.05, 3.63) is 12.7 Å². The SMILES string of the molecule is C=CCON1C(=O)CC(C(=O)OC)C12CCN(CC(CC)CC)CC2. The highest BCUT2D eigenvalue weighted by atomic mass is 16.7. The van der Waals surface area contributed by atoms with E-state index in [-0.39, 0.29) is 24.9 Å². The van der Waals surface area contributed by atoms with E-state index in [1.165, 1.54) is 25.0 Å². The molecule has 142 valence electrons. The number of hydrogen-bond donors (Lipinski definition) is 0. The maximum absolute atomic E-state index is 12.5. The predicted octanol–water partition coefficient (Wildman–Crippen LogP) is 2.40.